The Hall–Kier alpha value is -3.54. The molecule has 1 saturated carbocycles. The molecule has 3 aromatic rings. The third kappa shape index (κ3) is 3.87. The molecule has 3 aliphatic rings. The lowest BCUT2D eigenvalue weighted by Crippen LogP contribution is -2.70. The third-order valence-electron chi connectivity index (χ3n) is 6.88. The summed E-state index contributed by atoms with van der Waals surface area (Å²) in [5.74, 6) is 6.60. The molecule has 6 rings (SSSR count). The summed E-state index contributed by atoms with van der Waals surface area (Å²) in [6, 6.07) is 9.83. The number of ether oxygens (including phenoxy) is 1. The van der Waals surface area contributed by atoms with E-state index in [9.17, 15) is 4.79 Å². The second-order valence-corrected chi connectivity index (χ2v) is 9.24. The zero-order chi connectivity index (χ0) is 25.6. The summed E-state index contributed by atoms with van der Waals surface area (Å²) in [5, 5.41) is 14.0. The average Bonchev–Trinajstić information content (AvgIpc) is 3.66. The van der Waals surface area contributed by atoms with Gasteiger partial charge in [-0.25, -0.2) is 4.98 Å². The number of fused-ring (bicyclic) bond motifs is 1. The summed E-state index contributed by atoms with van der Waals surface area (Å²) >= 11 is 0. The lowest BCUT2D eigenvalue weighted by atomic mass is 9.82. The van der Waals surface area contributed by atoms with E-state index in [1.165, 1.54) is 18.2 Å². The molecule has 4 heterocycles. The number of amides is 1. The maximum absolute atomic E-state index is 12.2. The smallest absolute Gasteiger partial charge is 0.228 e. The number of rotatable bonds is 5. The van der Waals surface area contributed by atoms with Crippen LogP contribution in [0.15, 0.2) is 36.5 Å². The lowest BCUT2D eigenvalue weighted by Gasteiger charge is -2.57. The minimum atomic E-state index is -2.45. The first kappa shape index (κ1) is 17.9. The first-order valence-corrected chi connectivity index (χ1v) is 11.5. The molecule has 2 saturated heterocycles. The van der Waals surface area contributed by atoms with Crippen LogP contribution in [-0.4, -0.2) is 58.3 Å². The molecule has 1 aliphatic carbocycles. The third-order valence-corrected chi connectivity index (χ3v) is 6.88. The fraction of sp³-hybridized carbons (Fsp3) is 0.385. The largest absolute Gasteiger partial charge is 0.377 e. The van der Waals surface area contributed by atoms with E-state index in [4.69, 9.17) is 8.85 Å². The van der Waals surface area contributed by atoms with Crippen molar-refractivity contribution in [2.24, 2.45) is 5.92 Å². The molecule has 0 radical (unpaired) electrons. The summed E-state index contributed by atoms with van der Waals surface area (Å²) in [4.78, 5) is 18.9. The minimum Gasteiger partial charge on any atom is -0.377 e. The van der Waals surface area contributed by atoms with Gasteiger partial charge in [0, 0.05) is 47.2 Å². The Balaban J connectivity index is 1.26. The molecule has 3 fully saturated rings. The SMILES string of the molecule is [2H]C([2H])([2H])Nc1ncc(C#Cc2ccc(CN3CCC34COC4)cc2)c2cc(NC(=O)C3CC3)nnc12. The summed E-state index contributed by atoms with van der Waals surface area (Å²) in [5.41, 5.74) is 3.16. The Kier molecular flexibility index (Phi) is 4.39. The summed E-state index contributed by atoms with van der Waals surface area (Å²) in [6.07, 6.45) is 4.45. The Morgan fingerprint density at radius 2 is 2.12 bits per heavy atom. The highest BCUT2D eigenvalue weighted by Gasteiger charge is 2.50. The van der Waals surface area contributed by atoms with Gasteiger partial charge in [-0.1, -0.05) is 24.0 Å². The first-order chi connectivity index (χ1) is 17.8. The molecule has 2 aliphatic heterocycles. The van der Waals surface area contributed by atoms with Crippen LogP contribution in [0.3, 0.4) is 0 Å². The monoisotopic (exact) mass is 457 g/mol. The number of nitrogens with one attached hydrogen (secondary N) is 2. The fourth-order valence-corrected chi connectivity index (χ4v) is 4.41. The fourth-order valence-electron chi connectivity index (χ4n) is 4.41. The van der Waals surface area contributed by atoms with Crippen molar-refractivity contribution in [3.05, 3.63) is 53.2 Å². The zero-order valence-corrected chi connectivity index (χ0v) is 18.6. The van der Waals surface area contributed by atoms with Crippen LogP contribution in [0.2, 0.25) is 0 Å². The predicted octanol–water partition coefficient (Wildman–Crippen LogP) is 2.79. The summed E-state index contributed by atoms with van der Waals surface area (Å²) < 4.78 is 28.0. The van der Waals surface area contributed by atoms with Gasteiger partial charge in [0.1, 0.15) is 5.52 Å². The molecule has 2 aromatic heterocycles. The van der Waals surface area contributed by atoms with Gasteiger partial charge >= 0.3 is 0 Å². The number of carbonyl (C=O) groups excluding carboxylic acids is 1. The summed E-state index contributed by atoms with van der Waals surface area (Å²) in [6.45, 7) is 1.21. The van der Waals surface area contributed by atoms with Gasteiger partial charge in [0.25, 0.3) is 0 Å². The number of carbonyl (C=O) groups is 1. The number of anilines is 2. The zero-order valence-electron chi connectivity index (χ0n) is 21.6. The van der Waals surface area contributed by atoms with E-state index in [0.29, 0.717) is 16.8 Å². The summed E-state index contributed by atoms with van der Waals surface area (Å²) in [7, 11) is 0. The predicted molar refractivity (Wildman–Crippen MR) is 129 cm³/mol. The van der Waals surface area contributed by atoms with Gasteiger partial charge in [-0.2, -0.15) is 0 Å². The molecule has 1 spiro atoms. The molecular weight excluding hydrogens is 428 g/mol. The topological polar surface area (TPSA) is 92.3 Å². The maximum Gasteiger partial charge on any atom is 0.228 e. The van der Waals surface area contributed by atoms with Gasteiger partial charge in [-0.05, 0) is 43.0 Å². The molecule has 0 unspecified atom stereocenters. The Bertz CT molecular complexity index is 1420. The number of likely N-dealkylation sites (tertiary alicyclic amines) is 1. The van der Waals surface area contributed by atoms with E-state index >= 15 is 0 Å². The molecule has 0 atom stereocenters. The van der Waals surface area contributed by atoms with Gasteiger partial charge in [-0.3, -0.25) is 9.69 Å². The molecule has 8 nitrogen and oxygen atoms in total. The van der Waals surface area contributed by atoms with Crippen molar-refractivity contribution in [3.8, 4) is 11.8 Å². The molecule has 2 N–H and O–H groups in total. The molecule has 8 heteroatoms. The van der Waals surface area contributed by atoms with E-state index in [2.05, 4.69) is 54.7 Å². The van der Waals surface area contributed by atoms with Crippen LogP contribution in [0, 0.1) is 17.8 Å². The molecular formula is C26H26N6O2. The van der Waals surface area contributed by atoms with Crippen molar-refractivity contribution in [2.45, 2.75) is 31.3 Å². The van der Waals surface area contributed by atoms with E-state index < -0.39 is 6.98 Å². The van der Waals surface area contributed by atoms with Gasteiger partial charge in [0.05, 0.1) is 24.3 Å². The van der Waals surface area contributed by atoms with Gasteiger partial charge in [0.15, 0.2) is 11.6 Å². The Morgan fingerprint density at radius 1 is 1.26 bits per heavy atom. The standard InChI is InChI=1S/C26H26N6O2/c1-27-24-23-21(12-22(30-31-23)29-25(33)19-8-9-19)20(13-28-24)7-6-17-2-4-18(5-3-17)14-32-11-10-26(32)15-34-16-26/h2-5,12-13,19H,8-11,14-16H2,1H3,(H,27,28)(H,29,30,33)/i1D3. The number of hydrogen-bond donors (Lipinski definition) is 2. The second kappa shape index (κ2) is 8.35. The number of pyridine rings is 1. The van der Waals surface area contributed by atoms with Crippen molar-refractivity contribution in [1.82, 2.24) is 20.1 Å². The second-order valence-electron chi connectivity index (χ2n) is 9.24. The van der Waals surface area contributed by atoms with Gasteiger partial charge < -0.3 is 15.4 Å². The molecule has 172 valence electrons. The molecule has 1 aromatic carbocycles. The Morgan fingerprint density at radius 3 is 2.79 bits per heavy atom. The van der Waals surface area contributed by atoms with Gasteiger partial charge in [0.2, 0.25) is 5.91 Å². The maximum atomic E-state index is 12.2. The van der Waals surface area contributed by atoms with Gasteiger partial charge in [-0.15, -0.1) is 10.2 Å². The van der Waals surface area contributed by atoms with Crippen LogP contribution in [0.25, 0.3) is 10.9 Å². The molecule has 34 heavy (non-hydrogen) atoms. The molecule has 1 amide bonds. The van der Waals surface area contributed by atoms with E-state index in [1.54, 1.807) is 6.07 Å². The van der Waals surface area contributed by atoms with Crippen LogP contribution in [0.1, 0.15) is 40.1 Å². The number of nitrogens with zero attached hydrogens (tertiary/aromatic N) is 4. The molecule has 0 bridgehead atoms. The van der Waals surface area contributed by atoms with Crippen molar-refractivity contribution in [1.29, 1.82) is 0 Å². The van der Waals surface area contributed by atoms with E-state index in [0.717, 1.165) is 44.7 Å². The van der Waals surface area contributed by atoms with Crippen molar-refractivity contribution in [3.63, 3.8) is 0 Å². The quantitative estimate of drug-likeness (QED) is 0.569. The van der Waals surface area contributed by atoms with Crippen molar-refractivity contribution >= 4 is 28.4 Å². The van der Waals surface area contributed by atoms with Crippen molar-refractivity contribution in [2.75, 3.05) is 37.4 Å². The lowest BCUT2D eigenvalue weighted by molar-refractivity contribution is -0.195. The van der Waals surface area contributed by atoms with Crippen LogP contribution in [0.5, 0.6) is 0 Å². The first-order valence-electron chi connectivity index (χ1n) is 13.0. The van der Waals surface area contributed by atoms with Crippen molar-refractivity contribution < 1.29 is 13.6 Å². The highest BCUT2D eigenvalue weighted by atomic mass is 16.5. The van der Waals surface area contributed by atoms with E-state index in [1.807, 2.05) is 12.1 Å². The number of benzene rings is 1. The van der Waals surface area contributed by atoms with Crippen LogP contribution >= 0.6 is 0 Å². The highest BCUT2D eigenvalue weighted by Crippen LogP contribution is 2.38. The van der Waals surface area contributed by atoms with E-state index in [-0.39, 0.29) is 28.7 Å². The number of hydrogen-bond acceptors (Lipinski definition) is 7. The number of aromatic nitrogens is 3. The normalized spacial score (nSPS) is 20.2. The van der Waals surface area contributed by atoms with Crippen LogP contribution < -0.4 is 10.6 Å². The highest BCUT2D eigenvalue weighted by molar-refractivity contribution is 5.97. The minimum absolute atomic E-state index is 0.0126. The van der Waals surface area contributed by atoms with Crippen LogP contribution in [-0.2, 0) is 16.1 Å². The average molecular weight is 458 g/mol. The Labute approximate surface area is 202 Å². The van der Waals surface area contributed by atoms with Crippen LogP contribution in [0.4, 0.5) is 11.6 Å².